The van der Waals surface area contributed by atoms with E-state index < -0.39 is 0 Å². The van der Waals surface area contributed by atoms with Crippen LogP contribution in [-0.2, 0) is 19.8 Å². The fourth-order valence-electron chi connectivity index (χ4n) is 2.84. The van der Waals surface area contributed by atoms with E-state index in [-0.39, 0.29) is 12.6 Å². The molecule has 160 valence electrons. The highest BCUT2D eigenvalue weighted by molar-refractivity contribution is 9.10. The van der Waals surface area contributed by atoms with Crippen LogP contribution in [-0.4, -0.2) is 51.6 Å². The number of halogens is 1. The van der Waals surface area contributed by atoms with Gasteiger partial charge in [-0.3, -0.25) is 9.48 Å². The number of hydrogen-bond acceptors (Lipinski definition) is 6. The van der Waals surface area contributed by atoms with Crippen LogP contribution in [0.2, 0.25) is 0 Å². The van der Waals surface area contributed by atoms with Crippen LogP contribution < -0.4 is 14.2 Å². The van der Waals surface area contributed by atoms with Crippen LogP contribution in [0.5, 0.6) is 17.2 Å². The van der Waals surface area contributed by atoms with E-state index in [4.69, 9.17) is 14.2 Å². The van der Waals surface area contributed by atoms with Crippen molar-refractivity contribution >= 4 is 21.8 Å². The lowest BCUT2D eigenvalue weighted by atomic mass is 10.3. The Bertz CT molecular complexity index is 994. The van der Waals surface area contributed by atoms with Gasteiger partial charge in [0.25, 0.3) is 5.91 Å². The second-order valence-electron chi connectivity index (χ2n) is 6.45. The van der Waals surface area contributed by atoms with Gasteiger partial charge in [0, 0.05) is 26.0 Å². The molecule has 0 spiro atoms. The Balaban J connectivity index is 1.66. The SMILES string of the molecule is CCn1cc(Br)c(CN(C)C(=O)c2ccn(COc3c(OC)cccc3OC)n2)n1. The molecule has 0 saturated carbocycles. The summed E-state index contributed by atoms with van der Waals surface area (Å²) in [4.78, 5) is 14.3. The number of para-hydroxylation sites is 1. The molecule has 0 radical (unpaired) electrons. The van der Waals surface area contributed by atoms with Gasteiger partial charge in [-0.2, -0.15) is 10.2 Å². The van der Waals surface area contributed by atoms with E-state index in [0.29, 0.717) is 29.5 Å². The topological polar surface area (TPSA) is 83.6 Å². The quantitative estimate of drug-likeness (QED) is 0.470. The van der Waals surface area contributed by atoms with Crippen LogP contribution in [0, 0.1) is 0 Å². The summed E-state index contributed by atoms with van der Waals surface area (Å²) in [6.07, 6.45) is 3.58. The number of ether oxygens (including phenoxy) is 3. The average molecular weight is 478 g/mol. The summed E-state index contributed by atoms with van der Waals surface area (Å²) in [5.74, 6) is 1.37. The zero-order chi connectivity index (χ0) is 21.7. The molecular formula is C20H24BrN5O4. The van der Waals surface area contributed by atoms with Gasteiger partial charge in [0.1, 0.15) is 0 Å². The number of carbonyl (C=O) groups is 1. The number of rotatable bonds is 9. The Morgan fingerprint density at radius 1 is 1.13 bits per heavy atom. The Labute approximate surface area is 183 Å². The molecule has 0 fully saturated rings. The molecule has 0 N–H and O–H groups in total. The molecule has 30 heavy (non-hydrogen) atoms. The zero-order valence-corrected chi connectivity index (χ0v) is 18.9. The minimum absolute atomic E-state index is 0.0974. The van der Waals surface area contributed by atoms with Gasteiger partial charge < -0.3 is 19.1 Å². The maximum atomic E-state index is 12.7. The number of amides is 1. The van der Waals surface area contributed by atoms with E-state index >= 15 is 0 Å². The van der Waals surface area contributed by atoms with E-state index in [1.165, 1.54) is 4.68 Å². The molecule has 2 aromatic heterocycles. The first-order valence-corrected chi connectivity index (χ1v) is 10.1. The molecule has 0 aliphatic heterocycles. The summed E-state index contributed by atoms with van der Waals surface area (Å²) < 4.78 is 20.7. The normalized spacial score (nSPS) is 10.7. The lowest BCUT2D eigenvalue weighted by molar-refractivity contribution is 0.0774. The van der Waals surface area contributed by atoms with Crippen LogP contribution in [0.25, 0.3) is 0 Å². The molecule has 1 aromatic carbocycles. The third-order valence-corrected chi connectivity index (χ3v) is 5.09. The Kier molecular flexibility index (Phi) is 6.99. The van der Waals surface area contributed by atoms with Crippen LogP contribution >= 0.6 is 15.9 Å². The van der Waals surface area contributed by atoms with E-state index in [0.717, 1.165) is 16.7 Å². The molecule has 0 bridgehead atoms. The minimum atomic E-state index is -0.207. The Morgan fingerprint density at radius 2 is 1.83 bits per heavy atom. The lowest BCUT2D eigenvalue weighted by Crippen LogP contribution is -2.27. The number of aromatic nitrogens is 4. The Hall–Kier alpha value is -3.01. The number of hydrogen-bond donors (Lipinski definition) is 0. The van der Waals surface area contributed by atoms with E-state index in [9.17, 15) is 4.79 Å². The maximum Gasteiger partial charge on any atom is 0.274 e. The van der Waals surface area contributed by atoms with Crippen LogP contribution in [0.3, 0.4) is 0 Å². The van der Waals surface area contributed by atoms with Gasteiger partial charge in [0.05, 0.1) is 30.9 Å². The van der Waals surface area contributed by atoms with Crippen LogP contribution in [0.15, 0.2) is 41.1 Å². The van der Waals surface area contributed by atoms with Crippen molar-refractivity contribution in [3.8, 4) is 17.2 Å². The molecule has 10 heteroatoms. The van der Waals surface area contributed by atoms with Gasteiger partial charge >= 0.3 is 0 Å². The second-order valence-corrected chi connectivity index (χ2v) is 7.30. The van der Waals surface area contributed by atoms with Crippen LogP contribution in [0.1, 0.15) is 23.1 Å². The Morgan fingerprint density at radius 3 is 2.43 bits per heavy atom. The first-order chi connectivity index (χ1) is 14.5. The summed E-state index contributed by atoms with van der Waals surface area (Å²) in [6.45, 7) is 3.24. The molecule has 9 nitrogen and oxygen atoms in total. The highest BCUT2D eigenvalue weighted by Crippen LogP contribution is 2.36. The first-order valence-electron chi connectivity index (χ1n) is 9.31. The van der Waals surface area contributed by atoms with E-state index in [1.54, 1.807) is 50.6 Å². The monoisotopic (exact) mass is 477 g/mol. The fraction of sp³-hybridized carbons (Fsp3) is 0.350. The molecule has 0 aliphatic carbocycles. The third kappa shape index (κ3) is 4.76. The summed E-state index contributed by atoms with van der Waals surface area (Å²) in [6, 6.07) is 7.03. The maximum absolute atomic E-state index is 12.7. The molecule has 1 amide bonds. The smallest absolute Gasteiger partial charge is 0.274 e. The molecule has 0 aliphatic rings. The zero-order valence-electron chi connectivity index (χ0n) is 17.3. The highest BCUT2D eigenvalue weighted by atomic mass is 79.9. The van der Waals surface area contributed by atoms with Crippen molar-refractivity contribution in [1.82, 2.24) is 24.5 Å². The second kappa shape index (κ2) is 9.66. The van der Waals surface area contributed by atoms with Crippen molar-refractivity contribution < 1.29 is 19.0 Å². The van der Waals surface area contributed by atoms with Crippen molar-refractivity contribution in [2.24, 2.45) is 0 Å². The number of methoxy groups -OCH3 is 2. The van der Waals surface area contributed by atoms with Crippen molar-refractivity contribution in [1.29, 1.82) is 0 Å². The highest BCUT2D eigenvalue weighted by Gasteiger charge is 2.18. The number of aryl methyl sites for hydroxylation is 1. The third-order valence-electron chi connectivity index (χ3n) is 4.43. The molecule has 3 rings (SSSR count). The van der Waals surface area contributed by atoms with Gasteiger partial charge in [0.15, 0.2) is 23.9 Å². The largest absolute Gasteiger partial charge is 0.493 e. The first kappa shape index (κ1) is 21.7. The fourth-order valence-corrected chi connectivity index (χ4v) is 3.28. The summed E-state index contributed by atoms with van der Waals surface area (Å²) >= 11 is 3.48. The predicted octanol–water partition coefficient (Wildman–Crippen LogP) is 3.19. The molecular weight excluding hydrogens is 454 g/mol. The van der Waals surface area contributed by atoms with E-state index in [1.807, 2.05) is 23.9 Å². The predicted molar refractivity (Wildman–Crippen MR) is 114 cm³/mol. The van der Waals surface area contributed by atoms with Crippen molar-refractivity contribution in [2.75, 3.05) is 21.3 Å². The standard InChI is InChI=1S/C20H24BrN5O4/c1-5-25-11-14(21)16(23-25)12-24(2)20(27)15-9-10-26(22-15)13-30-19-17(28-3)7-6-8-18(19)29-4/h6-11H,5,12-13H2,1-4H3. The average Bonchev–Trinajstić information content (AvgIpc) is 3.37. The summed E-state index contributed by atoms with van der Waals surface area (Å²) in [5.41, 5.74) is 1.11. The molecule has 0 unspecified atom stereocenters. The molecule has 2 heterocycles. The lowest BCUT2D eigenvalue weighted by Gasteiger charge is -2.15. The number of nitrogens with zero attached hydrogens (tertiary/aromatic N) is 5. The molecule has 3 aromatic rings. The van der Waals surface area contributed by atoms with Gasteiger partial charge in [-0.05, 0) is 41.1 Å². The van der Waals surface area contributed by atoms with Gasteiger partial charge in [-0.15, -0.1) is 0 Å². The van der Waals surface area contributed by atoms with Crippen LogP contribution in [0.4, 0.5) is 0 Å². The van der Waals surface area contributed by atoms with Gasteiger partial charge in [0.2, 0.25) is 5.75 Å². The summed E-state index contributed by atoms with van der Waals surface area (Å²) in [5, 5.41) is 8.78. The minimum Gasteiger partial charge on any atom is -0.493 e. The van der Waals surface area contributed by atoms with Crippen molar-refractivity contribution in [3.63, 3.8) is 0 Å². The van der Waals surface area contributed by atoms with Crippen molar-refractivity contribution in [2.45, 2.75) is 26.7 Å². The van der Waals surface area contributed by atoms with Crippen molar-refractivity contribution in [3.05, 3.63) is 52.5 Å². The molecule has 0 atom stereocenters. The number of carbonyl (C=O) groups excluding carboxylic acids is 1. The van der Waals surface area contributed by atoms with Gasteiger partial charge in [-0.1, -0.05) is 6.07 Å². The molecule has 0 saturated heterocycles. The number of benzene rings is 1. The van der Waals surface area contributed by atoms with E-state index in [2.05, 4.69) is 26.1 Å². The summed E-state index contributed by atoms with van der Waals surface area (Å²) in [7, 11) is 4.84. The van der Waals surface area contributed by atoms with Gasteiger partial charge in [-0.25, -0.2) is 4.68 Å².